The number of aliphatic imine (C=N–C) groups is 1. The number of hydrazone groups is 1. The van der Waals surface area contributed by atoms with Crippen LogP contribution in [0, 0.1) is 5.41 Å². The number of nitrogens with zero attached hydrogens (tertiary/aromatic N) is 3. The third-order valence-electron chi connectivity index (χ3n) is 5.13. The van der Waals surface area contributed by atoms with Crippen molar-refractivity contribution in [1.29, 1.82) is 5.41 Å². The Labute approximate surface area is 195 Å². The molecule has 2 heterocycles. The number of amidine groups is 2. The molecule has 1 N–H and O–H groups in total. The third-order valence-corrected chi connectivity index (χ3v) is 6.04. The number of fused-ring (bicyclic) bond motifs is 1. The van der Waals surface area contributed by atoms with Gasteiger partial charge in [0.2, 0.25) is 5.17 Å². The number of ether oxygens (including phenoxy) is 1. The Morgan fingerprint density at radius 3 is 2.27 bits per heavy atom. The summed E-state index contributed by atoms with van der Waals surface area (Å²) in [6, 6.07) is 27.3. The highest BCUT2D eigenvalue weighted by molar-refractivity contribution is 8.26. The molecule has 2 aliphatic rings. The topological polar surface area (TPSA) is 78.1 Å². The second-order valence-electron chi connectivity index (χ2n) is 7.52. The summed E-state index contributed by atoms with van der Waals surface area (Å²) in [7, 11) is 0. The summed E-state index contributed by atoms with van der Waals surface area (Å²) in [5.74, 6) is 0.335. The van der Waals surface area contributed by atoms with Gasteiger partial charge < -0.3 is 4.74 Å². The number of rotatable bonds is 6. The summed E-state index contributed by atoms with van der Waals surface area (Å²) in [5.41, 5.74) is 3.21. The molecular weight excluding hydrogens is 432 g/mol. The highest BCUT2D eigenvalue weighted by Crippen LogP contribution is 2.29. The Bertz CT molecular complexity index is 1280. The smallest absolute Gasteiger partial charge is 0.283 e. The minimum atomic E-state index is -0.431. The molecule has 6 nitrogen and oxygen atoms in total. The Morgan fingerprint density at radius 1 is 0.909 bits per heavy atom. The number of hydrogen-bond acceptors (Lipinski definition) is 5. The first-order valence-corrected chi connectivity index (χ1v) is 11.3. The molecule has 0 saturated carbocycles. The predicted octanol–water partition coefficient (Wildman–Crippen LogP) is 5.13. The first-order valence-electron chi connectivity index (χ1n) is 10.5. The van der Waals surface area contributed by atoms with Crippen molar-refractivity contribution in [3.05, 3.63) is 107 Å². The molecular formula is C26H20N4O2S. The predicted molar refractivity (Wildman–Crippen MR) is 132 cm³/mol. The number of nitrogens with one attached hydrogen (secondary N) is 1. The number of amides is 1. The Balaban J connectivity index is 1.29. The molecule has 0 bridgehead atoms. The zero-order valence-electron chi connectivity index (χ0n) is 17.6. The fraction of sp³-hybridized carbons (Fsp3) is 0.0769. The molecule has 0 aromatic heterocycles. The van der Waals surface area contributed by atoms with Crippen LogP contribution in [0.15, 0.2) is 101 Å². The summed E-state index contributed by atoms with van der Waals surface area (Å²) in [4.78, 5) is 16.8. The van der Waals surface area contributed by atoms with E-state index in [1.54, 1.807) is 6.08 Å². The maximum atomic E-state index is 12.6. The van der Waals surface area contributed by atoms with Gasteiger partial charge in [0.15, 0.2) is 5.84 Å². The van der Waals surface area contributed by atoms with Gasteiger partial charge in [0.1, 0.15) is 17.4 Å². The van der Waals surface area contributed by atoms with Crippen LogP contribution in [0.1, 0.15) is 16.7 Å². The van der Waals surface area contributed by atoms with Crippen LogP contribution in [0.25, 0.3) is 6.08 Å². The number of benzene rings is 3. The molecule has 33 heavy (non-hydrogen) atoms. The fourth-order valence-electron chi connectivity index (χ4n) is 3.44. The van der Waals surface area contributed by atoms with E-state index >= 15 is 0 Å². The molecule has 0 aliphatic carbocycles. The summed E-state index contributed by atoms with van der Waals surface area (Å²) in [6.45, 7) is 0.484. The second-order valence-corrected chi connectivity index (χ2v) is 8.56. The molecule has 162 valence electrons. The molecule has 0 fully saturated rings. The van der Waals surface area contributed by atoms with Crippen molar-refractivity contribution in [2.45, 2.75) is 13.0 Å². The molecule has 3 aromatic carbocycles. The number of thioether (sulfide) groups is 1. The van der Waals surface area contributed by atoms with Gasteiger partial charge >= 0.3 is 0 Å². The molecule has 0 unspecified atom stereocenters. The highest BCUT2D eigenvalue weighted by Gasteiger charge is 2.35. The molecule has 5 rings (SSSR count). The second kappa shape index (κ2) is 9.26. The van der Waals surface area contributed by atoms with E-state index in [0.29, 0.717) is 18.2 Å². The minimum Gasteiger partial charge on any atom is -0.489 e. The average molecular weight is 453 g/mol. The summed E-state index contributed by atoms with van der Waals surface area (Å²) in [6.07, 6.45) is 2.30. The van der Waals surface area contributed by atoms with Crippen molar-refractivity contribution in [1.82, 2.24) is 5.01 Å². The van der Waals surface area contributed by atoms with Crippen LogP contribution in [0.2, 0.25) is 0 Å². The summed E-state index contributed by atoms with van der Waals surface area (Å²) < 4.78 is 5.82. The van der Waals surface area contributed by atoms with Gasteiger partial charge in [-0.2, -0.15) is 15.1 Å². The molecule has 3 aromatic rings. The minimum absolute atomic E-state index is 0.0324. The van der Waals surface area contributed by atoms with E-state index in [-0.39, 0.29) is 11.4 Å². The van der Waals surface area contributed by atoms with Crippen LogP contribution in [-0.2, 0) is 17.8 Å². The van der Waals surface area contributed by atoms with Gasteiger partial charge in [-0.15, -0.1) is 0 Å². The monoisotopic (exact) mass is 452 g/mol. The Hall–Kier alpha value is -3.97. The van der Waals surface area contributed by atoms with Crippen molar-refractivity contribution < 1.29 is 9.53 Å². The average Bonchev–Trinajstić information content (AvgIpc) is 3.25. The van der Waals surface area contributed by atoms with Crippen molar-refractivity contribution in [3.8, 4) is 5.75 Å². The lowest BCUT2D eigenvalue weighted by Gasteiger charge is -2.20. The van der Waals surface area contributed by atoms with Crippen molar-refractivity contribution in [3.63, 3.8) is 0 Å². The van der Waals surface area contributed by atoms with Gasteiger partial charge in [0.05, 0.1) is 5.57 Å². The maximum absolute atomic E-state index is 12.6. The molecule has 0 radical (unpaired) electrons. The summed E-state index contributed by atoms with van der Waals surface area (Å²) >= 11 is 1.33. The van der Waals surface area contributed by atoms with Crippen LogP contribution in [0.5, 0.6) is 5.75 Å². The zero-order chi connectivity index (χ0) is 22.6. The van der Waals surface area contributed by atoms with E-state index < -0.39 is 5.91 Å². The van der Waals surface area contributed by atoms with E-state index in [2.05, 4.69) is 10.1 Å². The third kappa shape index (κ3) is 4.78. The molecule has 7 heteroatoms. The molecule has 2 aliphatic heterocycles. The van der Waals surface area contributed by atoms with Crippen LogP contribution < -0.4 is 4.74 Å². The first-order chi connectivity index (χ1) is 16.2. The van der Waals surface area contributed by atoms with Gasteiger partial charge in [-0.25, -0.2) is 0 Å². The van der Waals surface area contributed by atoms with Gasteiger partial charge in [0, 0.05) is 6.42 Å². The largest absolute Gasteiger partial charge is 0.489 e. The van der Waals surface area contributed by atoms with E-state index in [9.17, 15) is 4.79 Å². The molecule has 0 saturated heterocycles. The lowest BCUT2D eigenvalue weighted by molar-refractivity contribution is -0.114. The quantitative estimate of drug-likeness (QED) is 0.526. The van der Waals surface area contributed by atoms with Crippen LogP contribution >= 0.6 is 11.8 Å². The maximum Gasteiger partial charge on any atom is 0.283 e. The Morgan fingerprint density at radius 2 is 1.58 bits per heavy atom. The van der Waals surface area contributed by atoms with E-state index in [1.807, 2.05) is 84.9 Å². The highest BCUT2D eigenvalue weighted by atomic mass is 32.2. The molecule has 1 amide bonds. The first kappa shape index (κ1) is 20.9. The van der Waals surface area contributed by atoms with Crippen molar-refractivity contribution in [2.75, 3.05) is 0 Å². The van der Waals surface area contributed by atoms with Crippen molar-refractivity contribution >= 4 is 39.8 Å². The number of carbonyl (C=O) groups excluding carboxylic acids is 1. The zero-order valence-corrected chi connectivity index (χ0v) is 18.5. The standard InChI is InChI=1S/C26H20N4O2S/c27-24-22(15-19-11-13-21(14-12-19)32-17-20-9-5-2-6-10-20)25(31)28-26-30(24)29-23(33-26)16-18-7-3-1-4-8-18/h1-15,27H,16-17H2/b22-15-,27-24?. The van der Waals surface area contributed by atoms with Crippen LogP contribution in [0.3, 0.4) is 0 Å². The number of hydrogen-bond donors (Lipinski definition) is 1. The molecule has 0 spiro atoms. The summed E-state index contributed by atoms with van der Waals surface area (Å²) in [5, 5.41) is 15.7. The van der Waals surface area contributed by atoms with Gasteiger partial charge in [-0.3, -0.25) is 10.2 Å². The van der Waals surface area contributed by atoms with Crippen LogP contribution in [0.4, 0.5) is 0 Å². The number of carbonyl (C=O) groups is 1. The van der Waals surface area contributed by atoms with E-state index in [4.69, 9.17) is 10.1 Å². The lowest BCUT2D eigenvalue weighted by Crippen LogP contribution is -2.35. The van der Waals surface area contributed by atoms with Gasteiger partial charge in [-0.05, 0) is 46.7 Å². The van der Waals surface area contributed by atoms with Gasteiger partial charge in [0.25, 0.3) is 5.91 Å². The SMILES string of the molecule is N=C1/C(=C/c2ccc(OCc3ccccc3)cc2)C(=O)N=C2SC(Cc3ccccc3)=NN12. The van der Waals surface area contributed by atoms with Gasteiger partial charge in [-0.1, -0.05) is 72.8 Å². The van der Waals surface area contributed by atoms with Crippen molar-refractivity contribution in [2.24, 2.45) is 10.1 Å². The lowest BCUT2D eigenvalue weighted by atomic mass is 10.1. The Kier molecular flexibility index (Phi) is 5.87. The normalized spacial score (nSPS) is 16.5. The molecule has 0 atom stereocenters. The fourth-order valence-corrected chi connectivity index (χ4v) is 4.36. The van der Waals surface area contributed by atoms with E-state index in [0.717, 1.165) is 27.5 Å². The van der Waals surface area contributed by atoms with E-state index in [1.165, 1.54) is 16.8 Å². The van der Waals surface area contributed by atoms with Crippen LogP contribution in [-0.4, -0.2) is 27.0 Å².